The molecule has 8 heteroatoms. The molecule has 1 amide bonds. The third kappa shape index (κ3) is 4.26. The van der Waals surface area contributed by atoms with E-state index >= 15 is 0 Å². The quantitative estimate of drug-likeness (QED) is 0.848. The van der Waals surface area contributed by atoms with Crippen LogP contribution in [0.15, 0.2) is 29.2 Å². The maximum atomic E-state index is 12.2. The topological polar surface area (TPSA) is 84.3 Å². The Hall–Kier alpha value is -2.19. The van der Waals surface area contributed by atoms with Gasteiger partial charge in [0.25, 0.3) is 0 Å². The molecule has 2 rings (SSSR count). The normalized spacial score (nSPS) is 11.8. The van der Waals surface area contributed by atoms with Crippen molar-refractivity contribution in [3.63, 3.8) is 0 Å². The van der Waals surface area contributed by atoms with Gasteiger partial charge in [0.05, 0.1) is 10.6 Å². The van der Waals surface area contributed by atoms with E-state index in [1.165, 1.54) is 26.2 Å². The summed E-state index contributed by atoms with van der Waals surface area (Å²) in [6, 6.07) is 6.26. The molecule has 0 radical (unpaired) electrons. The fourth-order valence-corrected chi connectivity index (χ4v) is 3.53. The monoisotopic (exact) mass is 364 g/mol. The van der Waals surface area contributed by atoms with E-state index < -0.39 is 10.0 Å². The van der Waals surface area contributed by atoms with Gasteiger partial charge in [-0.15, -0.1) is 0 Å². The largest absolute Gasteiger partial charge is 0.326 e. The van der Waals surface area contributed by atoms with Crippen molar-refractivity contribution in [2.45, 2.75) is 31.6 Å². The molecule has 0 fully saturated rings. The minimum atomic E-state index is -3.53. The van der Waals surface area contributed by atoms with Crippen LogP contribution in [0.25, 0.3) is 0 Å². The summed E-state index contributed by atoms with van der Waals surface area (Å²) in [4.78, 5) is 12.4. The molecule has 0 spiro atoms. The Morgan fingerprint density at radius 3 is 2.52 bits per heavy atom. The predicted molar refractivity (Wildman–Crippen MR) is 96.9 cm³/mol. The van der Waals surface area contributed by atoms with Crippen molar-refractivity contribution in [2.24, 2.45) is 7.05 Å². The van der Waals surface area contributed by atoms with Crippen molar-refractivity contribution in [3.8, 4) is 0 Å². The number of amides is 1. The molecule has 0 bridgehead atoms. The first-order valence-corrected chi connectivity index (χ1v) is 9.38. The molecule has 7 nitrogen and oxygen atoms in total. The van der Waals surface area contributed by atoms with E-state index in [0.29, 0.717) is 18.5 Å². The summed E-state index contributed by atoms with van der Waals surface area (Å²) in [5.74, 6) is -0.165. The molecule has 0 aliphatic rings. The third-order valence-electron chi connectivity index (χ3n) is 4.16. The summed E-state index contributed by atoms with van der Waals surface area (Å²) in [7, 11) is 1.29. The number of carbonyl (C=O) groups is 1. The highest BCUT2D eigenvalue weighted by atomic mass is 32.2. The first-order valence-electron chi connectivity index (χ1n) is 7.94. The molecule has 2 aromatic rings. The van der Waals surface area contributed by atoms with Crippen LogP contribution in [0.3, 0.4) is 0 Å². The molecule has 0 saturated heterocycles. The zero-order chi connectivity index (χ0) is 18.8. The average Bonchev–Trinajstić information content (AvgIpc) is 2.78. The maximum absolute atomic E-state index is 12.2. The molecule has 0 saturated carbocycles. The lowest BCUT2D eigenvalue weighted by Gasteiger charge is -2.12. The molecule has 0 atom stereocenters. The van der Waals surface area contributed by atoms with Crippen LogP contribution >= 0.6 is 0 Å². The number of hydrogen-bond acceptors (Lipinski definition) is 4. The Balaban J connectivity index is 2.06. The second-order valence-corrected chi connectivity index (χ2v) is 8.29. The van der Waals surface area contributed by atoms with Crippen LogP contribution in [-0.2, 0) is 28.3 Å². The second-order valence-electron chi connectivity index (χ2n) is 6.14. The lowest BCUT2D eigenvalue weighted by Crippen LogP contribution is -2.22. The SMILES string of the molecule is Cc1nn(C)c(C)c1CCC(=O)Nc1cccc(S(=O)(=O)N(C)C)c1. The fraction of sp³-hybridized carbons (Fsp3) is 0.412. The number of aromatic nitrogens is 2. The van der Waals surface area contributed by atoms with Crippen molar-refractivity contribution in [3.05, 3.63) is 41.2 Å². The molecule has 1 N–H and O–H groups in total. The van der Waals surface area contributed by atoms with E-state index in [0.717, 1.165) is 21.3 Å². The van der Waals surface area contributed by atoms with Crippen molar-refractivity contribution < 1.29 is 13.2 Å². The standard InChI is InChI=1S/C17H24N4O3S/c1-12-16(13(2)21(5)19-12)9-10-17(22)18-14-7-6-8-15(11-14)25(23,24)20(3)4/h6-8,11H,9-10H2,1-5H3,(H,18,22). The fourth-order valence-electron chi connectivity index (χ4n) is 2.59. The summed E-state index contributed by atoms with van der Waals surface area (Å²) in [5, 5.41) is 7.10. The van der Waals surface area contributed by atoms with Gasteiger partial charge < -0.3 is 5.32 Å². The molecule has 1 aromatic carbocycles. The molecule has 0 unspecified atom stereocenters. The second kappa shape index (κ2) is 7.37. The number of hydrogen-bond donors (Lipinski definition) is 1. The van der Waals surface area contributed by atoms with E-state index in [4.69, 9.17) is 0 Å². The molecule has 0 aliphatic heterocycles. The predicted octanol–water partition coefficient (Wildman–Crippen LogP) is 1.86. The van der Waals surface area contributed by atoms with Gasteiger partial charge in [-0.3, -0.25) is 9.48 Å². The smallest absolute Gasteiger partial charge is 0.242 e. The van der Waals surface area contributed by atoms with Gasteiger partial charge in [0.1, 0.15) is 0 Å². The Morgan fingerprint density at radius 1 is 1.28 bits per heavy atom. The van der Waals surface area contributed by atoms with Gasteiger partial charge >= 0.3 is 0 Å². The number of nitrogens with zero attached hydrogens (tertiary/aromatic N) is 3. The van der Waals surface area contributed by atoms with Crippen LogP contribution < -0.4 is 5.32 Å². The Kier molecular flexibility index (Phi) is 5.64. The molecule has 136 valence electrons. The number of carbonyl (C=O) groups excluding carboxylic acids is 1. The summed E-state index contributed by atoms with van der Waals surface area (Å²) >= 11 is 0. The highest BCUT2D eigenvalue weighted by molar-refractivity contribution is 7.89. The van der Waals surface area contributed by atoms with Crippen LogP contribution in [0.5, 0.6) is 0 Å². The lowest BCUT2D eigenvalue weighted by atomic mass is 10.1. The maximum Gasteiger partial charge on any atom is 0.242 e. The number of anilines is 1. The molecule has 0 aliphatic carbocycles. The Morgan fingerprint density at radius 2 is 1.96 bits per heavy atom. The number of aryl methyl sites for hydroxylation is 2. The summed E-state index contributed by atoms with van der Waals surface area (Å²) < 4.78 is 27.3. The number of benzene rings is 1. The van der Waals surface area contributed by atoms with Crippen LogP contribution in [-0.4, -0.2) is 42.5 Å². The lowest BCUT2D eigenvalue weighted by molar-refractivity contribution is -0.116. The van der Waals surface area contributed by atoms with Crippen molar-refractivity contribution in [2.75, 3.05) is 19.4 Å². The summed E-state index contributed by atoms with van der Waals surface area (Å²) in [6.45, 7) is 3.90. The Labute approximate surface area is 148 Å². The van der Waals surface area contributed by atoms with Gasteiger partial charge in [-0.1, -0.05) is 6.07 Å². The van der Waals surface area contributed by atoms with E-state index in [1.54, 1.807) is 16.8 Å². The zero-order valence-electron chi connectivity index (χ0n) is 15.2. The van der Waals surface area contributed by atoms with Gasteiger partial charge in [0.2, 0.25) is 15.9 Å². The average molecular weight is 364 g/mol. The molecule has 25 heavy (non-hydrogen) atoms. The third-order valence-corrected chi connectivity index (χ3v) is 5.97. The van der Waals surface area contributed by atoms with Crippen molar-refractivity contribution in [1.82, 2.24) is 14.1 Å². The molecule has 1 heterocycles. The van der Waals surface area contributed by atoms with Crippen LogP contribution in [0.4, 0.5) is 5.69 Å². The van der Waals surface area contributed by atoms with Gasteiger partial charge in [-0.25, -0.2) is 12.7 Å². The van der Waals surface area contributed by atoms with Crippen molar-refractivity contribution in [1.29, 1.82) is 0 Å². The van der Waals surface area contributed by atoms with Gasteiger partial charge in [-0.05, 0) is 44.0 Å². The van der Waals surface area contributed by atoms with Crippen LogP contribution in [0, 0.1) is 13.8 Å². The first-order chi connectivity index (χ1) is 11.6. The number of rotatable bonds is 6. The zero-order valence-corrected chi connectivity index (χ0v) is 16.0. The molecular formula is C17H24N4O3S. The van der Waals surface area contributed by atoms with Crippen LogP contribution in [0.2, 0.25) is 0 Å². The number of sulfonamides is 1. The van der Waals surface area contributed by atoms with Crippen molar-refractivity contribution >= 4 is 21.6 Å². The van der Waals surface area contributed by atoms with E-state index in [-0.39, 0.29) is 10.8 Å². The van der Waals surface area contributed by atoms with E-state index in [2.05, 4.69) is 10.4 Å². The highest BCUT2D eigenvalue weighted by Crippen LogP contribution is 2.19. The van der Waals surface area contributed by atoms with E-state index in [1.807, 2.05) is 20.9 Å². The van der Waals surface area contributed by atoms with Gasteiger partial charge in [-0.2, -0.15) is 5.10 Å². The minimum Gasteiger partial charge on any atom is -0.326 e. The van der Waals surface area contributed by atoms with Gasteiger partial charge in [0, 0.05) is 38.9 Å². The molecular weight excluding hydrogens is 340 g/mol. The first kappa shape index (κ1) is 19.1. The molecule has 1 aromatic heterocycles. The number of nitrogens with one attached hydrogen (secondary N) is 1. The van der Waals surface area contributed by atoms with E-state index in [9.17, 15) is 13.2 Å². The van der Waals surface area contributed by atoms with Gasteiger partial charge in [0.15, 0.2) is 0 Å². The Bertz CT molecular complexity index is 885. The minimum absolute atomic E-state index is 0.147. The summed E-state index contributed by atoms with van der Waals surface area (Å²) in [6.07, 6.45) is 0.894. The highest BCUT2D eigenvalue weighted by Gasteiger charge is 2.18. The van der Waals surface area contributed by atoms with Crippen LogP contribution in [0.1, 0.15) is 23.4 Å². The summed E-state index contributed by atoms with van der Waals surface area (Å²) in [5.41, 5.74) is 3.50.